The van der Waals surface area contributed by atoms with Crippen LogP contribution in [-0.2, 0) is 25.5 Å². The first-order valence-electron chi connectivity index (χ1n) is 8.18. The van der Waals surface area contributed by atoms with Crippen molar-refractivity contribution in [1.29, 1.82) is 0 Å². The second-order valence-electron chi connectivity index (χ2n) is 6.12. The van der Waals surface area contributed by atoms with E-state index in [1.165, 1.54) is 7.11 Å². The molecule has 0 aromatic carbocycles. The maximum atomic E-state index is 12.4. The van der Waals surface area contributed by atoms with Crippen LogP contribution in [0.4, 0.5) is 0 Å². The maximum Gasteiger partial charge on any atom is 0.306 e. The molecule has 0 unspecified atom stereocenters. The number of aromatic nitrogens is 1. The molecule has 0 radical (unpaired) electrons. The van der Waals surface area contributed by atoms with Gasteiger partial charge in [-0.2, -0.15) is 0 Å². The third-order valence-electron chi connectivity index (χ3n) is 4.35. The van der Waals surface area contributed by atoms with Crippen LogP contribution in [0.3, 0.4) is 0 Å². The van der Waals surface area contributed by atoms with E-state index in [4.69, 9.17) is 0 Å². The molecular formula is C17H25N3O4. The Kier molecular flexibility index (Phi) is 6.00. The molecule has 1 fully saturated rings. The number of aryl methyl sites for hydroxylation is 2. The molecule has 0 atom stereocenters. The predicted octanol–water partition coefficient (Wildman–Crippen LogP) is 0.798. The Morgan fingerprint density at radius 2 is 1.62 bits per heavy atom. The number of piperazine rings is 1. The average Bonchev–Trinajstić information content (AvgIpc) is 2.89. The first kappa shape index (κ1) is 18.0. The summed E-state index contributed by atoms with van der Waals surface area (Å²) in [5, 5.41) is 0. The summed E-state index contributed by atoms with van der Waals surface area (Å²) >= 11 is 0. The molecule has 0 aliphatic carbocycles. The fourth-order valence-electron chi connectivity index (χ4n) is 2.91. The van der Waals surface area contributed by atoms with Gasteiger partial charge in [0.1, 0.15) is 0 Å². The summed E-state index contributed by atoms with van der Waals surface area (Å²) in [5.41, 5.74) is 3.10. The van der Waals surface area contributed by atoms with Crippen molar-refractivity contribution in [3.05, 3.63) is 23.0 Å². The van der Waals surface area contributed by atoms with Gasteiger partial charge in [0.2, 0.25) is 11.8 Å². The van der Waals surface area contributed by atoms with Crippen LogP contribution in [0.1, 0.15) is 29.8 Å². The highest BCUT2D eigenvalue weighted by molar-refractivity contribution is 5.82. The lowest BCUT2D eigenvalue weighted by atomic mass is 10.1. The van der Waals surface area contributed by atoms with E-state index in [0.29, 0.717) is 32.6 Å². The molecule has 0 bridgehead atoms. The molecule has 7 heteroatoms. The van der Waals surface area contributed by atoms with Gasteiger partial charge in [-0.3, -0.25) is 14.4 Å². The number of nitrogens with zero attached hydrogens (tertiary/aromatic N) is 2. The maximum absolute atomic E-state index is 12.4. The van der Waals surface area contributed by atoms with Gasteiger partial charge in [0.15, 0.2) is 0 Å². The van der Waals surface area contributed by atoms with Gasteiger partial charge in [0.25, 0.3) is 0 Å². The second kappa shape index (κ2) is 7.99. The summed E-state index contributed by atoms with van der Waals surface area (Å²) in [5.74, 6) is -0.363. The van der Waals surface area contributed by atoms with Gasteiger partial charge in [-0.05, 0) is 25.5 Å². The van der Waals surface area contributed by atoms with Crippen molar-refractivity contribution in [2.24, 2.45) is 0 Å². The van der Waals surface area contributed by atoms with Crippen molar-refractivity contribution in [3.8, 4) is 0 Å². The number of methoxy groups -OCH3 is 1. The van der Waals surface area contributed by atoms with E-state index in [0.717, 1.165) is 17.0 Å². The number of hydrogen-bond acceptors (Lipinski definition) is 4. The Bertz CT molecular complexity index is 615. The lowest BCUT2D eigenvalue weighted by molar-refractivity contribution is -0.144. The normalized spacial score (nSPS) is 14.6. The van der Waals surface area contributed by atoms with Crippen LogP contribution in [0.25, 0.3) is 0 Å². The smallest absolute Gasteiger partial charge is 0.306 e. The standard InChI is InChI=1S/C17H25N3O4/c1-12-10-14(13(2)18-12)11-16(22)20-8-6-19(7-9-20)15(21)4-5-17(23)24-3/h10,18H,4-9,11H2,1-3H3. The molecule has 0 spiro atoms. The fraction of sp³-hybridized carbons (Fsp3) is 0.588. The number of ether oxygens (including phenoxy) is 1. The highest BCUT2D eigenvalue weighted by Gasteiger charge is 2.24. The second-order valence-corrected chi connectivity index (χ2v) is 6.12. The molecule has 1 N–H and O–H groups in total. The quantitative estimate of drug-likeness (QED) is 0.807. The Morgan fingerprint density at radius 1 is 1.04 bits per heavy atom. The zero-order valence-electron chi connectivity index (χ0n) is 14.6. The number of carbonyl (C=O) groups is 3. The van der Waals surface area contributed by atoms with Crippen LogP contribution >= 0.6 is 0 Å². The van der Waals surface area contributed by atoms with E-state index >= 15 is 0 Å². The first-order valence-corrected chi connectivity index (χ1v) is 8.18. The molecule has 7 nitrogen and oxygen atoms in total. The molecular weight excluding hydrogens is 310 g/mol. The number of rotatable bonds is 5. The summed E-state index contributed by atoms with van der Waals surface area (Å²) in [4.78, 5) is 42.3. The molecule has 1 saturated heterocycles. The summed E-state index contributed by atoms with van der Waals surface area (Å²) in [6.07, 6.45) is 0.634. The van der Waals surface area contributed by atoms with E-state index in [1.54, 1.807) is 9.80 Å². The third kappa shape index (κ3) is 4.59. The van der Waals surface area contributed by atoms with Crippen molar-refractivity contribution in [3.63, 3.8) is 0 Å². The fourth-order valence-corrected chi connectivity index (χ4v) is 2.91. The van der Waals surface area contributed by atoms with Gasteiger partial charge < -0.3 is 19.5 Å². The van der Waals surface area contributed by atoms with Crippen LogP contribution < -0.4 is 0 Å². The van der Waals surface area contributed by atoms with Gasteiger partial charge >= 0.3 is 5.97 Å². The van der Waals surface area contributed by atoms with Gasteiger partial charge in [-0.1, -0.05) is 0 Å². The van der Waals surface area contributed by atoms with Crippen LogP contribution in [0, 0.1) is 13.8 Å². The summed E-state index contributed by atoms with van der Waals surface area (Å²) in [6.45, 7) is 6.03. The first-order chi connectivity index (χ1) is 11.4. The van der Waals surface area contributed by atoms with Crippen molar-refractivity contribution in [2.45, 2.75) is 33.1 Å². The Balaban J connectivity index is 1.79. The molecule has 1 aromatic heterocycles. The van der Waals surface area contributed by atoms with Gasteiger partial charge in [0, 0.05) is 44.0 Å². The van der Waals surface area contributed by atoms with E-state index in [-0.39, 0.29) is 30.6 Å². The van der Waals surface area contributed by atoms with E-state index in [1.807, 2.05) is 19.9 Å². The molecule has 1 aromatic rings. The van der Waals surface area contributed by atoms with E-state index in [2.05, 4.69) is 9.72 Å². The lowest BCUT2D eigenvalue weighted by Crippen LogP contribution is -2.51. The lowest BCUT2D eigenvalue weighted by Gasteiger charge is -2.35. The Morgan fingerprint density at radius 3 is 2.12 bits per heavy atom. The minimum Gasteiger partial charge on any atom is -0.469 e. The average molecular weight is 335 g/mol. The highest BCUT2D eigenvalue weighted by atomic mass is 16.5. The number of H-pyrrole nitrogens is 1. The van der Waals surface area contributed by atoms with Crippen LogP contribution in [0.15, 0.2) is 6.07 Å². The zero-order valence-corrected chi connectivity index (χ0v) is 14.6. The largest absolute Gasteiger partial charge is 0.469 e. The third-order valence-corrected chi connectivity index (χ3v) is 4.35. The molecule has 1 aliphatic rings. The van der Waals surface area contributed by atoms with Gasteiger partial charge in [0.05, 0.1) is 20.0 Å². The number of hydrogen-bond donors (Lipinski definition) is 1. The number of esters is 1. The topological polar surface area (TPSA) is 82.7 Å². The number of carbonyl (C=O) groups excluding carboxylic acids is 3. The Labute approximate surface area is 141 Å². The minimum absolute atomic E-state index is 0.0652. The summed E-state index contributed by atoms with van der Waals surface area (Å²) in [6, 6.07) is 2.00. The van der Waals surface area contributed by atoms with E-state index in [9.17, 15) is 14.4 Å². The van der Waals surface area contributed by atoms with Gasteiger partial charge in [-0.25, -0.2) is 0 Å². The predicted molar refractivity (Wildman–Crippen MR) is 88.4 cm³/mol. The van der Waals surface area contributed by atoms with Crippen molar-refractivity contribution < 1.29 is 19.1 Å². The summed E-state index contributed by atoms with van der Waals surface area (Å²) in [7, 11) is 1.31. The van der Waals surface area contributed by atoms with Crippen LogP contribution in [-0.4, -0.2) is 65.9 Å². The number of amides is 2. The van der Waals surface area contributed by atoms with Crippen LogP contribution in [0.2, 0.25) is 0 Å². The number of nitrogens with one attached hydrogen (secondary N) is 1. The Hall–Kier alpha value is -2.31. The number of aromatic amines is 1. The zero-order chi connectivity index (χ0) is 17.7. The monoisotopic (exact) mass is 335 g/mol. The minimum atomic E-state index is -0.380. The molecule has 0 saturated carbocycles. The van der Waals surface area contributed by atoms with Crippen molar-refractivity contribution in [1.82, 2.24) is 14.8 Å². The van der Waals surface area contributed by atoms with E-state index < -0.39 is 0 Å². The van der Waals surface area contributed by atoms with Crippen LogP contribution in [0.5, 0.6) is 0 Å². The molecule has 2 heterocycles. The van der Waals surface area contributed by atoms with Crippen molar-refractivity contribution in [2.75, 3.05) is 33.3 Å². The van der Waals surface area contributed by atoms with Gasteiger partial charge in [-0.15, -0.1) is 0 Å². The van der Waals surface area contributed by atoms with Crippen molar-refractivity contribution >= 4 is 17.8 Å². The highest BCUT2D eigenvalue weighted by Crippen LogP contribution is 2.13. The molecule has 24 heavy (non-hydrogen) atoms. The SMILES string of the molecule is COC(=O)CCC(=O)N1CCN(C(=O)Cc2cc(C)[nH]c2C)CC1. The molecule has 2 amide bonds. The molecule has 1 aliphatic heterocycles. The summed E-state index contributed by atoms with van der Waals surface area (Å²) < 4.78 is 4.54. The molecule has 132 valence electrons. The molecule has 2 rings (SSSR count).